The van der Waals surface area contributed by atoms with E-state index in [0.717, 1.165) is 0 Å². The molecule has 4 heteroatoms. The van der Waals surface area contributed by atoms with Crippen molar-refractivity contribution in [3.05, 3.63) is 33.7 Å². The number of H-pyrrole nitrogens is 1. The van der Waals surface area contributed by atoms with Crippen molar-refractivity contribution in [1.29, 1.82) is 0 Å². The SMILES string of the molecule is Cc1cc(C(F)F)[nH]c(=O)c1. The van der Waals surface area contributed by atoms with Crippen LogP contribution < -0.4 is 5.56 Å². The third-order valence-electron chi connectivity index (χ3n) is 1.24. The van der Waals surface area contributed by atoms with Crippen molar-refractivity contribution in [3.63, 3.8) is 0 Å². The minimum Gasteiger partial charge on any atom is -0.321 e. The molecule has 60 valence electrons. The number of pyridine rings is 1. The first-order valence-electron chi connectivity index (χ1n) is 3.08. The highest BCUT2D eigenvalue weighted by atomic mass is 19.3. The van der Waals surface area contributed by atoms with Gasteiger partial charge in [0.2, 0.25) is 5.56 Å². The molecule has 0 amide bonds. The third kappa shape index (κ3) is 1.86. The van der Waals surface area contributed by atoms with Gasteiger partial charge in [-0.15, -0.1) is 0 Å². The van der Waals surface area contributed by atoms with Crippen LogP contribution in [0, 0.1) is 6.92 Å². The maximum Gasteiger partial charge on any atom is 0.278 e. The molecule has 0 aliphatic rings. The van der Waals surface area contributed by atoms with Gasteiger partial charge in [0.05, 0.1) is 5.69 Å². The van der Waals surface area contributed by atoms with E-state index in [1.54, 1.807) is 6.92 Å². The Hall–Kier alpha value is -1.19. The Morgan fingerprint density at radius 1 is 1.45 bits per heavy atom. The van der Waals surface area contributed by atoms with E-state index < -0.39 is 12.0 Å². The average Bonchev–Trinajstić information content (AvgIpc) is 1.85. The molecule has 1 heterocycles. The fraction of sp³-hybridized carbons (Fsp3) is 0.286. The van der Waals surface area contributed by atoms with E-state index in [-0.39, 0.29) is 5.69 Å². The predicted octanol–water partition coefficient (Wildman–Crippen LogP) is 1.62. The Morgan fingerprint density at radius 2 is 2.09 bits per heavy atom. The van der Waals surface area contributed by atoms with Gasteiger partial charge in [-0.25, -0.2) is 8.78 Å². The van der Waals surface area contributed by atoms with E-state index in [1.165, 1.54) is 12.1 Å². The lowest BCUT2D eigenvalue weighted by Gasteiger charge is -1.98. The Morgan fingerprint density at radius 3 is 2.55 bits per heavy atom. The monoisotopic (exact) mass is 159 g/mol. The summed E-state index contributed by atoms with van der Waals surface area (Å²) in [6, 6.07) is 2.53. The molecule has 2 nitrogen and oxygen atoms in total. The van der Waals surface area contributed by atoms with Crippen LogP contribution in [0.2, 0.25) is 0 Å². The summed E-state index contributed by atoms with van der Waals surface area (Å²) in [4.78, 5) is 12.7. The standard InChI is InChI=1S/C7H7F2NO/c1-4-2-5(7(8)9)10-6(11)3-4/h2-3,7H,1H3,(H,10,11). The molecule has 0 unspecified atom stereocenters. The number of rotatable bonds is 1. The van der Waals surface area contributed by atoms with E-state index in [0.29, 0.717) is 5.56 Å². The molecular formula is C7H7F2NO. The van der Waals surface area contributed by atoms with Gasteiger partial charge < -0.3 is 4.98 Å². The van der Waals surface area contributed by atoms with Crippen LogP contribution >= 0.6 is 0 Å². The molecule has 0 saturated carbocycles. The van der Waals surface area contributed by atoms with Crippen molar-refractivity contribution in [1.82, 2.24) is 4.98 Å². The van der Waals surface area contributed by atoms with Crippen LogP contribution in [0.5, 0.6) is 0 Å². The number of hydrogen-bond donors (Lipinski definition) is 1. The van der Waals surface area contributed by atoms with Gasteiger partial charge in [0.25, 0.3) is 6.43 Å². The second-order valence-electron chi connectivity index (χ2n) is 2.28. The summed E-state index contributed by atoms with van der Waals surface area (Å²) in [5.74, 6) is 0. The lowest BCUT2D eigenvalue weighted by molar-refractivity contribution is 0.145. The zero-order valence-electron chi connectivity index (χ0n) is 5.90. The van der Waals surface area contributed by atoms with Gasteiger partial charge in [0.15, 0.2) is 0 Å². The number of hydrogen-bond acceptors (Lipinski definition) is 1. The predicted molar refractivity (Wildman–Crippen MR) is 36.8 cm³/mol. The van der Waals surface area contributed by atoms with Crippen LogP contribution in [0.1, 0.15) is 17.7 Å². The van der Waals surface area contributed by atoms with E-state index in [4.69, 9.17) is 0 Å². The summed E-state index contributed by atoms with van der Waals surface area (Å²) in [6.07, 6.45) is -2.61. The molecular weight excluding hydrogens is 152 g/mol. The zero-order chi connectivity index (χ0) is 8.43. The fourth-order valence-electron chi connectivity index (χ4n) is 0.826. The van der Waals surface area contributed by atoms with E-state index >= 15 is 0 Å². The van der Waals surface area contributed by atoms with Crippen molar-refractivity contribution in [2.75, 3.05) is 0 Å². The Balaban J connectivity index is 3.19. The molecule has 1 N–H and O–H groups in total. The minimum atomic E-state index is -2.61. The first-order valence-corrected chi connectivity index (χ1v) is 3.08. The van der Waals surface area contributed by atoms with Gasteiger partial charge in [-0.1, -0.05) is 0 Å². The van der Waals surface area contributed by atoms with E-state index in [9.17, 15) is 13.6 Å². The highest BCUT2D eigenvalue weighted by molar-refractivity contribution is 5.15. The maximum atomic E-state index is 12.0. The molecule has 0 saturated heterocycles. The zero-order valence-corrected chi connectivity index (χ0v) is 5.90. The second kappa shape index (κ2) is 2.82. The molecule has 0 aliphatic carbocycles. The first-order chi connectivity index (χ1) is 5.09. The molecule has 0 fully saturated rings. The number of aromatic amines is 1. The van der Waals surface area contributed by atoms with Gasteiger partial charge in [0.1, 0.15) is 0 Å². The molecule has 1 aromatic rings. The lowest BCUT2D eigenvalue weighted by Crippen LogP contribution is -2.08. The highest BCUT2D eigenvalue weighted by Gasteiger charge is 2.07. The summed E-state index contributed by atoms with van der Waals surface area (Å²) in [6.45, 7) is 1.60. The van der Waals surface area contributed by atoms with Crippen LogP contribution in [0.25, 0.3) is 0 Å². The smallest absolute Gasteiger partial charge is 0.278 e. The largest absolute Gasteiger partial charge is 0.321 e. The molecule has 1 rings (SSSR count). The Labute approximate surface area is 61.9 Å². The molecule has 0 radical (unpaired) electrons. The number of nitrogens with one attached hydrogen (secondary N) is 1. The second-order valence-corrected chi connectivity index (χ2v) is 2.28. The molecule has 0 bridgehead atoms. The first kappa shape index (κ1) is 7.91. The summed E-state index contributed by atoms with van der Waals surface area (Å²) in [5.41, 5.74) is -0.264. The van der Waals surface area contributed by atoms with Crippen molar-refractivity contribution in [2.24, 2.45) is 0 Å². The van der Waals surface area contributed by atoms with Gasteiger partial charge in [0, 0.05) is 6.07 Å². The van der Waals surface area contributed by atoms with Crippen molar-refractivity contribution in [2.45, 2.75) is 13.3 Å². The van der Waals surface area contributed by atoms with Crippen molar-refractivity contribution >= 4 is 0 Å². The quantitative estimate of drug-likeness (QED) is 0.663. The van der Waals surface area contributed by atoms with Crippen molar-refractivity contribution < 1.29 is 8.78 Å². The van der Waals surface area contributed by atoms with Gasteiger partial charge in [-0.05, 0) is 18.6 Å². The number of aryl methyl sites for hydroxylation is 1. The van der Waals surface area contributed by atoms with Crippen LogP contribution in [0.3, 0.4) is 0 Å². The van der Waals surface area contributed by atoms with Gasteiger partial charge in [-0.3, -0.25) is 4.79 Å². The molecule has 0 aromatic carbocycles. The Kier molecular flexibility index (Phi) is 2.03. The molecule has 1 aromatic heterocycles. The van der Waals surface area contributed by atoms with Crippen LogP contribution in [-0.2, 0) is 0 Å². The molecule has 11 heavy (non-hydrogen) atoms. The third-order valence-corrected chi connectivity index (χ3v) is 1.24. The van der Waals surface area contributed by atoms with E-state index in [2.05, 4.69) is 0 Å². The summed E-state index contributed by atoms with van der Waals surface area (Å²) >= 11 is 0. The van der Waals surface area contributed by atoms with Crippen LogP contribution in [0.15, 0.2) is 16.9 Å². The molecule has 0 aliphatic heterocycles. The summed E-state index contributed by atoms with van der Waals surface area (Å²) < 4.78 is 23.9. The summed E-state index contributed by atoms with van der Waals surface area (Å²) in [7, 11) is 0. The highest BCUT2D eigenvalue weighted by Crippen LogP contribution is 2.14. The van der Waals surface area contributed by atoms with Gasteiger partial charge in [-0.2, -0.15) is 0 Å². The Bertz CT molecular complexity index is 306. The average molecular weight is 159 g/mol. The van der Waals surface area contributed by atoms with Crippen LogP contribution in [-0.4, -0.2) is 4.98 Å². The number of aromatic nitrogens is 1. The van der Waals surface area contributed by atoms with Crippen LogP contribution in [0.4, 0.5) is 8.78 Å². The lowest BCUT2D eigenvalue weighted by atomic mass is 10.2. The molecule has 0 atom stereocenters. The normalized spacial score (nSPS) is 10.5. The fourth-order valence-corrected chi connectivity index (χ4v) is 0.826. The van der Waals surface area contributed by atoms with Crippen molar-refractivity contribution in [3.8, 4) is 0 Å². The topological polar surface area (TPSA) is 32.9 Å². The molecule has 0 spiro atoms. The van der Waals surface area contributed by atoms with E-state index in [1.807, 2.05) is 4.98 Å². The summed E-state index contributed by atoms with van der Waals surface area (Å²) in [5, 5.41) is 0. The van der Waals surface area contributed by atoms with Gasteiger partial charge >= 0.3 is 0 Å². The maximum absolute atomic E-state index is 12.0. The number of halogens is 2. The minimum absolute atomic E-state index is 0.324. The number of alkyl halides is 2.